The summed E-state index contributed by atoms with van der Waals surface area (Å²) < 4.78 is 13.0. The molecule has 2 atom stereocenters. The summed E-state index contributed by atoms with van der Waals surface area (Å²) in [4.78, 5) is 24.5. The number of carbonyl (C=O) groups is 2. The van der Waals surface area contributed by atoms with Crippen molar-refractivity contribution >= 4 is 28.0 Å². The van der Waals surface area contributed by atoms with Gasteiger partial charge in [-0.2, -0.15) is 5.10 Å². The van der Waals surface area contributed by atoms with Gasteiger partial charge in [-0.1, -0.05) is 22.0 Å². The second-order valence-corrected chi connectivity index (χ2v) is 9.10. The number of aromatic nitrogens is 2. The van der Waals surface area contributed by atoms with Gasteiger partial charge in [0.1, 0.15) is 11.2 Å². The molecule has 156 valence electrons. The minimum absolute atomic E-state index is 0.0220. The minimum Gasteiger partial charge on any atom is -0.465 e. The number of carbonyl (C=O) groups excluding carboxylic acids is 2. The molecule has 1 saturated carbocycles. The molecule has 0 unspecified atom stereocenters. The van der Waals surface area contributed by atoms with Gasteiger partial charge in [0.05, 0.1) is 24.7 Å². The normalized spacial score (nSPS) is 19.1. The van der Waals surface area contributed by atoms with Gasteiger partial charge in [-0.25, -0.2) is 14.3 Å². The average molecular weight is 464 g/mol. The highest BCUT2D eigenvalue weighted by Gasteiger charge is 2.34. The Morgan fingerprint density at radius 2 is 2.03 bits per heavy atom. The summed E-state index contributed by atoms with van der Waals surface area (Å²) in [7, 11) is 1.37. The van der Waals surface area contributed by atoms with Crippen molar-refractivity contribution in [2.75, 3.05) is 7.11 Å². The first kappa shape index (κ1) is 21.4. The first-order valence-electron chi connectivity index (χ1n) is 9.59. The van der Waals surface area contributed by atoms with Crippen LogP contribution in [0, 0.1) is 0 Å². The van der Waals surface area contributed by atoms with Gasteiger partial charge in [-0.05, 0) is 58.2 Å². The molecule has 0 aliphatic heterocycles. The summed E-state index contributed by atoms with van der Waals surface area (Å²) in [6, 6.07) is 7.72. The van der Waals surface area contributed by atoms with Crippen molar-refractivity contribution in [2.24, 2.45) is 0 Å². The smallest absolute Gasteiger partial charge is 0.407 e. The highest BCUT2D eigenvalue weighted by atomic mass is 79.9. The van der Waals surface area contributed by atoms with Gasteiger partial charge < -0.3 is 14.8 Å². The van der Waals surface area contributed by atoms with E-state index in [9.17, 15) is 9.59 Å². The fourth-order valence-corrected chi connectivity index (χ4v) is 4.05. The number of ether oxygens (including phenoxy) is 2. The van der Waals surface area contributed by atoms with E-state index in [2.05, 4.69) is 26.3 Å². The average Bonchev–Trinajstić information content (AvgIpc) is 3.25. The Balaban J connectivity index is 1.85. The van der Waals surface area contributed by atoms with Crippen molar-refractivity contribution in [2.45, 2.75) is 57.6 Å². The summed E-state index contributed by atoms with van der Waals surface area (Å²) in [5.74, 6) is -0.352. The number of methoxy groups -OCH3 is 1. The van der Waals surface area contributed by atoms with Crippen LogP contribution in [0.4, 0.5) is 4.79 Å². The van der Waals surface area contributed by atoms with E-state index in [0.717, 1.165) is 28.7 Å². The van der Waals surface area contributed by atoms with Gasteiger partial charge >= 0.3 is 12.1 Å². The molecule has 1 aliphatic rings. The molecule has 0 radical (unpaired) electrons. The van der Waals surface area contributed by atoms with Crippen molar-refractivity contribution in [3.63, 3.8) is 0 Å². The fourth-order valence-electron chi connectivity index (χ4n) is 3.67. The maximum Gasteiger partial charge on any atom is 0.407 e. The van der Waals surface area contributed by atoms with Crippen molar-refractivity contribution in [3.8, 4) is 5.69 Å². The number of nitrogens with one attached hydrogen (secondary N) is 1. The number of hydrogen-bond donors (Lipinski definition) is 1. The van der Waals surface area contributed by atoms with Crippen LogP contribution < -0.4 is 5.32 Å². The fraction of sp³-hybridized carbons (Fsp3) is 0.476. The summed E-state index contributed by atoms with van der Waals surface area (Å²) >= 11 is 3.48. The number of benzene rings is 1. The Morgan fingerprint density at radius 3 is 2.69 bits per heavy atom. The lowest BCUT2D eigenvalue weighted by Gasteiger charge is -2.22. The lowest BCUT2D eigenvalue weighted by Crippen LogP contribution is -2.37. The predicted octanol–water partition coefficient (Wildman–Crippen LogP) is 4.58. The topological polar surface area (TPSA) is 82.5 Å². The van der Waals surface area contributed by atoms with Crippen molar-refractivity contribution < 1.29 is 19.1 Å². The lowest BCUT2D eigenvalue weighted by molar-refractivity contribution is 0.0503. The number of hydrogen-bond acceptors (Lipinski definition) is 5. The van der Waals surface area contributed by atoms with Gasteiger partial charge in [0, 0.05) is 16.4 Å². The predicted molar refractivity (Wildman–Crippen MR) is 112 cm³/mol. The first-order chi connectivity index (χ1) is 13.7. The molecule has 1 heterocycles. The minimum atomic E-state index is -0.542. The van der Waals surface area contributed by atoms with Crippen molar-refractivity contribution in [1.29, 1.82) is 0 Å². The number of rotatable bonds is 4. The maximum atomic E-state index is 12.3. The molecule has 1 aliphatic carbocycles. The Hall–Kier alpha value is -2.35. The lowest BCUT2D eigenvalue weighted by atomic mass is 9.99. The van der Waals surface area contributed by atoms with Gasteiger partial charge in [0.2, 0.25) is 0 Å². The van der Waals surface area contributed by atoms with Crippen LogP contribution in [-0.2, 0) is 9.47 Å². The summed E-state index contributed by atoms with van der Waals surface area (Å²) in [5, 5.41) is 7.40. The number of esters is 1. The zero-order valence-electron chi connectivity index (χ0n) is 17.1. The molecule has 1 N–H and O–H groups in total. The van der Waals surface area contributed by atoms with E-state index in [-0.39, 0.29) is 12.0 Å². The molecule has 0 saturated heterocycles. The van der Waals surface area contributed by atoms with E-state index in [1.165, 1.54) is 7.11 Å². The molecule has 2 aromatic rings. The van der Waals surface area contributed by atoms with E-state index in [1.807, 2.05) is 45.0 Å². The maximum absolute atomic E-state index is 12.3. The molecular weight excluding hydrogens is 438 g/mol. The second-order valence-electron chi connectivity index (χ2n) is 8.18. The molecule has 7 nitrogen and oxygen atoms in total. The monoisotopic (exact) mass is 463 g/mol. The van der Waals surface area contributed by atoms with Gasteiger partial charge in [0.25, 0.3) is 0 Å². The van der Waals surface area contributed by atoms with E-state index < -0.39 is 17.7 Å². The third-order valence-corrected chi connectivity index (χ3v) is 5.30. The third-order valence-electron chi connectivity index (χ3n) is 4.80. The first-order valence-corrected chi connectivity index (χ1v) is 10.4. The van der Waals surface area contributed by atoms with Crippen LogP contribution in [0.1, 0.15) is 62.0 Å². The van der Waals surface area contributed by atoms with E-state index >= 15 is 0 Å². The Morgan fingerprint density at radius 1 is 1.28 bits per heavy atom. The summed E-state index contributed by atoms with van der Waals surface area (Å²) in [6.45, 7) is 5.51. The van der Waals surface area contributed by atoms with Crippen LogP contribution in [0.15, 0.2) is 34.9 Å². The van der Waals surface area contributed by atoms with Crippen molar-refractivity contribution in [1.82, 2.24) is 15.1 Å². The van der Waals surface area contributed by atoms with Crippen LogP contribution >= 0.6 is 15.9 Å². The molecule has 1 aromatic heterocycles. The quantitative estimate of drug-likeness (QED) is 0.670. The SMILES string of the molecule is COC(=O)c1cnn(-c2cccc(Br)c2)c1[C@H]1CC[C@@H](NC(=O)OC(C)(C)C)C1. The molecule has 8 heteroatoms. The molecule has 1 aromatic carbocycles. The zero-order chi connectivity index (χ0) is 21.2. The zero-order valence-corrected chi connectivity index (χ0v) is 18.7. The molecule has 1 amide bonds. The standard InChI is InChI=1S/C21H26BrN3O4/c1-21(2,3)29-20(27)24-15-9-8-13(10-15)18-17(19(26)28-4)12-23-25(18)16-7-5-6-14(22)11-16/h5-7,11-13,15H,8-10H2,1-4H3,(H,24,27)/t13-,15+/m0/s1. The van der Waals surface area contributed by atoms with Gasteiger partial charge in [-0.3, -0.25) is 0 Å². The summed E-state index contributed by atoms with van der Waals surface area (Å²) in [5.41, 5.74) is 1.58. The largest absolute Gasteiger partial charge is 0.465 e. The van der Waals surface area contributed by atoms with Gasteiger partial charge in [0.15, 0.2) is 0 Å². The van der Waals surface area contributed by atoms with Gasteiger partial charge in [-0.15, -0.1) is 0 Å². The van der Waals surface area contributed by atoms with Crippen LogP contribution in [0.25, 0.3) is 5.69 Å². The summed E-state index contributed by atoms with van der Waals surface area (Å²) in [6.07, 6.45) is 3.45. The van der Waals surface area contributed by atoms with Crippen LogP contribution in [0.2, 0.25) is 0 Å². The van der Waals surface area contributed by atoms with E-state index in [1.54, 1.807) is 10.9 Å². The Kier molecular flexibility index (Phi) is 6.31. The van der Waals surface area contributed by atoms with Crippen LogP contribution in [0.3, 0.4) is 0 Å². The Labute approximate surface area is 178 Å². The molecule has 0 spiro atoms. The van der Waals surface area contributed by atoms with Crippen LogP contribution in [-0.4, -0.2) is 40.6 Å². The third kappa shape index (κ3) is 5.18. The molecular formula is C21H26BrN3O4. The highest BCUT2D eigenvalue weighted by molar-refractivity contribution is 9.10. The number of alkyl carbamates (subject to hydrolysis) is 1. The number of nitrogens with zero attached hydrogens (tertiary/aromatic N) is 2. The second kappa shape index (κ2) is 8.57. The molecule has 3 rings (SSSR count). The number of amides is 1. The van der Waals surface area contributed by atoms with Crippen LogP contribution in [0.5, 0.6) is 0 Å². The Bertz CT molecular complexity index is 904. The molecule has 29 heavy (non-hydrogen) atoms. The van der Waals surface area contributed by atoms with E-state index in [4.69, 9.17) is 9.47 Å². The van der Waals surface area contributed by atoms with E-state index in [0.29, 0.717) is 12.0 Å². The molecule has 1 fully saturated rings. The number of halogens is 1. The van der Waals surface area contributed by atoms with Crippen molar-refractivity contribution in [3.05, 3.63) is 46.2 Å². The molecule has 0 bridgehead atoms. The highest BCUT2D eigenvalue weighted by Crippen LogP contribution is 2.37.